The molecule has 2 aliphatic rings. The van der Waals surface area contributed by atoms with Gasteiger partial charge in [0.15, 0.2) is 11.6 Å². The molecule has 65 heavy (non-hydrogen) atoms. The Morgan fingerprint density at radius 3 is 1.37 bits per heavy atom. The summed E-state index contributed by atoms with van der Waals surface area (Å²) in [6.45, 7) is 9.77. The van der Waals surface area contributed by atoms with Gasteiger partial charge in [0.1, 0.15) is 35.2 Å². The van der Waals surface area contributed by atoms with Crippen molar-refractivity contribution < 1.29 is 19.1 Å². The van der Waals surface area contributed by atoms with E-state index in [1.54, 1.807) is 0 Å². The summed E-state index contributed by atoms with van der Waals surface area (Å²) in [5.74, 6) is 3.87. The molecular weight excluding hydrogens is 864 g/mol. The number of carbonyl (C=O) groups is 2. The molecule has 0 radical (unpaired) electrons. The van der Waals surface area contributed by atoms with Crippen molar-refractivity contribution in [1.82, 2.24) is 40.2 Å². The van der Waals surface area contributed by atoms with Crippen LogP contribution in [0.3, 0.4) is 0 Å². The average molecular weight is 916 g/mol. The van der Waals surface area contributed by atoms with Gasteiger partial charge in [-0.25, -0.2) is 0 Å². The van der Waals surface area contributed by atoms with E-state index in [2.05, 4.69) is 31.0 Å². The Balaban J connectivity index is 0.893. The zero-order chi connectivity index (χ0) is 45.5. The van der Waals surface area contributed by atoms with Crippen molar-refractivity contribution in [1.29, 1.82) is 0 Å². The smallest absolute Gasteiger partial charge is 0.222 e. The van der Waals surface area contributed by atoms with Crippen molar-refractivity contribution in [3.8, 4) is 22.9 Å². The molecule has 0 spiro atoms. The number of nitrogens with one attached hydrogen (secondary N) is 2. The van der Waals surface area contributed by atoms with Crippen LogP contribution in [0.4, 0.5) is 0 Å². The highest BCUT2D eigenvalue weighted by Gasteiger charge is 2.32. The van der Waals surface area contributed by atoms with Crippen molar-refractivity contribution in [3.63, 3.8) is 0 Å². The summed E-state index contributed by atoms with van der Waals surface area (Å²) >= 11 is 12.6. The van der Waals surface area contributed by atoms with E-state index in [4.69, 9.17) is 42.7 Å². The number of carbonyl (C=O) groups excluding carboxylic acids is 2. The number of nitrogens with zero attached hydrogens (tertiary/aromatic N) is 8. The number of amides is 2. The molecule has 2 aromatic heterocycles. The van der Waals surface area contributed by atoms with Crippen LogP contribution in [-0.2, 0) is 9.59 Å². The predicted molar refractivity (Wildman–Crippen MR) is 253 cm³/mol. The minimum Gasteiger partial charge on any atom is -0.494 e. The zero-order valence-corrected chi connectivity index (χ0v) is 38.5. The molecule has 14 nitrogen and oxygen atoms in total. The SMILES string of the molecule is CCNC(=O)C[C@@H]1N=C(c2ccc(Cl)cc2)c2cc(OCCCCCCCOc3ccc4c(c3)C(c3ccc(Cl)cc3)=N[C@@H](CC(=O)NCC)c3nnc(C)n3-4)ccc2-n2c(C)nnc21. The lowest BCUT2D eigenvalue weighted by Gasteiger charge is -2.15. The molecule has 2 aliphatic heterocycles. The van der Waals surface area contributed by atoms with Crippen molar-refractivity contribution >= 4 is 46.4 Å². The van der Waals surface area contributed by atoms with Gasteiger partial charge in [-0.1, -0.05) is 66.7 Å². The van der Waals surface area contributed by atoms with E-state index in [9.17, 15) is 9.59 Å². The summed E-state index contributed by atoms with van der Waals surface area (Å²) in [6, 6.07) is 26.0. The van der Waals surface area contributed by atoms with Crippen LogP contribution in [0.1, 0.15) is 116 Å². The molecule has 4 heterocycles. The number of aromatic nitrogens is 6. The van der Waals surface area contributed by atoms with Crippen molar-refractivity contribution in [2.24, 2.45) is 9.98 Å². The Hall–Kier alpha value is -6.38. The number of ether oxygens (including phenoxy) is 2. The molecular formula is C49H52Cl2N10O4. The molecule has 4 aromatic carbocycles. The van der Waals surface area contributed by atoms with Crippen LogP contribution in [-0.4, -0.2) is 79.1 Å². The second-order valence-electron chi connectivity index (χ2n) is 16.0. The minimum atomic E-state index is -0.547. The molecule has 2 amide bonds. The first-order chi connectivity index (χ1) is 31.6. The monoisotopic (exact) mass is 914 g/mol. The van der Waals surface area contributed by atoms with E-state index < -0.39 is 12.1 Å². The lowest BCUT2D eigenvalue weighted by molar-refractivity contribution is -0.122. The number of unbranched alkanes of at least 4 members (excludes halogenated alkanes) is 4. The summed E-state index contributed by atoms with van der Waals surface area (Å²) < 4.78 is 16.6. The fourth-order valence-corrected chi connectivity index (χ4v) is 8.54. The summed E-state index contributed by atoms with van der Waals surface area (Å²) in [6.07, 6.45) is 5.10. The highest BCUT2D eigenvalue weighted by Crippen LogP contribution is 2.36. The number of fused-ring (bicyclic) bond motifs is 6. The van der Waals surface area contributed by atoms with E-state index in [1.165, 1.54) is 0 Å². The van der Waals surface area contributed by atoms with Crippen molar-refractivity contribution in [2.75, 3.05) is 26.3 Å². The van der Waals surface area contributed by atoms with Gasteiger partial charge < -0.3 is 20.1 Å². The van der Waals surface area contributed by atoms with Crippen LogP contribution in [0.25, 0.3) is 11.4 Å². The first kappa shape index (κ1) is 45.2. The van der Waals surface area contributed by atoms with Gasteiger partial charge in [-0.15, -0.1) is 20.4 Å². The maximum Gasteiger partial charge on any atom is 0.222 e. The second-order valence-corrected chi connectivity index (χ2v) is 16.9. The summed E-state index contributed by atoms with van der Waals surface area (Å²) in [4.78, 5) is 36.0. The van der Waals surface area contributed by atoms with Gasteiger partial charge in [-0.05, 0) is 101 Å². The third-order valence-corrected chi connectivity index (χ3v) is 11.9. The normalized spacial score (nSPS) is 15.0. The van der Waals surface area contributed by atoms with Crippen LogP contribution in [0, 0.1) is 13.8 Å². The third kappa shape index (κ3) is 10.3. The number of aryl methyl sites for hydroxylation is 2. The quantitative estimate of drug-likeness (QED) is 0.0808. The summed E-state index contributed by atoms with van der Waals surface area (Å²) in [5, 5.41) is 24.8. The van der Waals surface area contributed by atoms with Crippen molar-refractivity contribution in [2.45, 2.75) is 84.7 Å². The third-order valence-electron chi connectivity index (χ3n) is 11.4. The number of aliphatic imine (C=N–C) groups is 2. The Morgan fingerprint density at radius 1 is 0.569 bits per heavy atom. The van der Waals surface area contributed by atoms with Gasteiger partial charge >= 0.3 is 0 Å². The molecule has 8 rings (SSSR count). The molecule has 0 saturated carbocycles. The summed E-state index contributed by atoms with van der Waals surface area (Å²) in [7, 11) is 0. The number of benzene rings is 4. The maximum absolute atomic E-state index is 12.8. The molecule has 2 N–H and O–H groups in total. The molecule has 6 aromatic rings. The molecule has 0 saturated heterocycles. The van der Waals surface area contributed by atoms with Crippen LogP contribution in [0.15, 0.2) is 94.9 Å². The molecule has 0 aliphatic carbocycles. The fourth-order valence-electron chi connectivity index (χ4n) is 8.28. The van der Waals surface area contributed by atoms with Gasteiger partial charge in [0.25, 0.3) is 0 Å². The molecule has 0 bridgehead atoms. The molecule has 2 atom stereocenters. The fraction of sp³-hybridized carbons (Fsp3) is 0.347. The molecule has 16 heteroatoms. The first-order valence-corrected chi connectivity index (χ1v) is 23.0. The Bertz CT molecular complexity index is 2540. The lowest BCUT2D eigenvalue weighted by Crippen LogP contribution is -2.25. The standard InChI is InChI=1S/C49H52Cl2N10O4/c1-5-52-44(62)28-40-48-58-56-30(3)60(48)42-22-20-36(26-38(42)46(54-40)32-12-16-34(50)17-13-32)64-24-10-8-7-9-11-25-65-37-21-23-43-39(27-37)47(33-14-18-35(51)19-15-33)55-41(29-45(63)53-6-2)49-59-57-31(4)61(43)49/h12-23,26-27,40-41H,5-11,24-25,28-29H2,1-4H3,(H,52,62)(H,53,63)/t40-,41-/m0/s1. The van der Waals surface area contributed by atoms with E-state index in [-0.39, 0.29) is 24.7 Å². The van der Waals surface area contributed by atoms with Crippen molar-refractivity contribution in [3.05, 3.63) is 141 Å². The first-order valence-electron chi connectivity index (χ1n) is 22.2. The van der Waals surface area contributed by atoms with Gasteiger partial charge in [-0.2, -0.15) is 0 Å². The lowest BCUT2D eigenvalue weighted by atomic mass is 10.00. The Morgan fingerprint density at radius 2 is 0.969 bits per heavy atom. The molecule has 0 fully saturated rings. The van der Waals surface area contributed by atoms with E-state index >= 15 is 0 Å². The largest absolute Gasteiger partial charge is 0.494 e. The van der Waals surface area contributed by atoms with Crippen LogP contribution in [0.5, 0.6) is 11.5 Å². The van der Waals surface area contributed by atoms with Gasteiger partial charge in [0, 0.05) is 45.4 Å². The van der Waals surface area contributed by atoms with Crippen LogP contribution >= 0.6 is 23.2 Å². The van der Waals surface area contributed by atoms with Crippen LogP contribution < -0.4 is 20.1 Å². The van der Waals surface area contributed by atoms with Gasteiger partial charge in [-0.3, -0.25) is 28.7 Å². The van der Waals surface area contributed by atoms with Crippen LogP contribution in [0.2, 0.25) is 10.0 Å². The highest BCUT2D eigenvalue weighted by atomic mass is 35.5. The zero-order valence-electron chi connectivity index (χ0n) is 37.0. The number of rotatable bonds is 18. The van der Waals surface area contributed by atoms with Gasteiger partial charge in [0.2, 0.25) is 11.8 Å². The molecule has 0 unspecified atom stereocenters. The van der Waals surface area contributed by atoms with E-state index in [1.807, 2.05) is 122 Å². The average Bonchev–Trinajstić information content (AvgIpc) is 3.80. The number of hydrogen-bond acceptors (Lipinski definition) is 10. The topological polar surface area (TPSA) is 163 Å². The number of halogens is 2. The predicted octanol–water partition coefficient (Wildman–Crippen LogP) is 9.02. The minimum absolute atomic E-state index is 0.107. The molecule has 336 valence electrons. The van der Waals surface area contributed by atoms with Gasteiger partial charge in [0.05, 0.1) is 48.9 Å². The Labute approximate surface area is 388 Å². The second kappa shape index (κ2) is 20.6. The highest BCUT2D eigenvalue weighted by molar-refractivity contribution is 6.31. The Kier molecular flexibility index (Phi) is 14.3. The van der Waals surface area contributed by atoms with E-state index in [0.29, 0.717) is 59.6 Å². The summed E-state index contributed by atoms with van der Waals surface area (Å²) in [5.41, 5.74) is 6.65. The van der Waals surface area contributed by atoms with E-state index in [0.717, 1.165) is 88.7 Å². The number of hydrogen-bond donors (Lipinski definition) is 2. The maximum atomic E-state index is 12.8.